The van der Waals surface area contributed by atoms with Gasteiger partial charge in [-0.3, -0.25) is 0 Å². The monoisotopic (exact) mass is 395 g/mol. The smallest absolute Gasteiger partial charge is 0.449 e. The van der Waals surface area contributed by atoms with E-state index in [0.717, 1.165) is 7.11 Å². The molecule has 27 heavy (non-hydrogen) atoms. The van der Waals surface area contributed by atoms with Crippen molar-refractivity contribution in [2.75, 3.05) is 12.4 Å². The van der Waals surface area contributed by atoms with Crippen molar-refractivity contribution in [3.05, 3.63) is 35.4 Å². The van der Waals surface area contributed by atoms with Gasteiger partial charge in [0.1, 0.15) is 5.82 Å². The molecule has 0 bridgehead atoms. The lowest BCUT2D eigenvalue weighted by Gasteiger charge is -2.12. The number of anilines is 2. The predicted molar refractivity (Wildman–Crippen MR) is 77.9 cm³/mol. The summed E-state index contributed by atoms with van der Waals surface area (Å²) in [4.78, 5) is 12.5. The summed E-state index contributed by atoms with van der Waals surface area (Å²) in [5.74, 6) is -3.21. The number of nitrogens with one attached hydrogen (secondary N) is 2. The van der Waals surface area contributed by atoms with Crippen molar-refractivity contribution >= 4 is 22.8 Å². The van der Waals surface area contributed by atoms with Crippen molar-refractivity contribution in [3.63, 3.8) is 0 Å². The lowest BCUT2D eigenvalue weighted by Crippen LogP contribution is -2.07. The maximum atomic E-state index is 13.9. The third-order valence-electron chi connectivity index (χ3n) is 3.31. The van der Waals surface area contributed by atoms with Crippen LogP contribution in [0, 0.1) is 5.82 Å². The van der Waals surface area contributed by atoms with Gasteiger partial charge < -0.3 is 15.0 Å². The van der Waals surface area contributed by atoms with Crippen LogP contribution >= 0.6 is 0 Å². The molecule has 0 saturated carbocycles. The van der Waals surface area contributed by atoms with Gasteiger partial charge in [0.15, 0.2) is 11.5 Å². The molecule has 2 heterocycles. The normalized spacial score (nSPS) is 12.4. The summed E-state index contributed by atoms with van der Waals surface area (Å²) in [5.41, 5.74) is -2.61. The highest BCUT2D eigenvalue weighted by molar-refractivity contribution is 5.73. The van der Waals surface area contributed by atoms with Crippen molar-refractivity contribution in [1.82, 2.24) is 19.9 Å². The molecule has 13 heteroatoms. The summed E-state index contributed by atoms with van der Waals surface area (Å²) in [7, 11) is 1.10. The summed E-state index contributed by atoms with van der Waals surface area (Å²) in [6, 6.07) is 1.60. The molecule has 2 aromatic heterocycles. The maximum Gasteiger partial charge on any atom is 0.449 e. The lowest BCUT2D eigenvalue weighted by molar-refractivity contribution is -0.144. The number of hydrogen-bond acceptors (Lipinski definition) is 5. The second-order valence-electron chi connectivity index (χ2n) is 5.15. The standard InChI is InChI=1S/C14H8F7N5O/c1-27-11-10(22-7-4-5(13(16,17)18)2-3-6(7)15)23-8-9(24-11)26-12(25-8)14(19,20)21/h2-4H,1H3,(H2,22,23,24,25,26). The Kier molecular flexibility index (Phi) is 4.32. The van der Waals surface area contributed by atoms with Crippen LogP contribution in [0.1, 0.15) is 11.4 Å². The molecule has 0 aliphatic rings. The molecule has 0 spiro atoms. The number of halogens is 7. The van der Waals surface area contributed by atoms with Crippen molar-refractivity contribution in [2.24, 2.45) is 0 Å². The van der Waals surface area contributed by atoms with E-state index in [0.29, 0.717) is 18.2 Å². The Balaban J connectivity index is 2.06. The van der Waals surface area contributed by atoms with E-state index in [-0.39, 0.29) is 5.88 Å². The summed E-state index contributed by atoms with van der Waals surface area (Å²) in [5, 5.41) is 2.24. The maximum absolute atomic E-state index is 13.9. The number of aromatic nitrogens is 4. The summed E-state index contributed by atoms with van der Waals surface area (Å²) < 4.78 is 95.2. The fourth-order valence-electron chi connectivity index (χ4n) is 2.10. The molecule has 0 amide bonds. The largest absolute Gasteiger partial charge is 0.478 e. The number of nitrogens with zero attached hydrogens (tertiary/aromatic N) is 3. The van der Waals surface area contributed by atoms with Crippen molar-refractivity contribution in [1.29, 1.82) is 0 Å². The van der Waals surface area contributed by atoms with Crippen LogP contribution in [0.5, 0.6) is 5.88 Å². The van der Waals surface area contributed by atoms with E-state index >= 15 is 0 Å². The molecular weight excluding hydrogens is 387 g/mol. The summed E-state index contributed by atoms with van der Waals surface area (Å²) in [6.45, 7) is 0. The van der Waals surface area contributed by atoms with Crippen LogP contribution in [-0.2, 0) is 12.4 Å². The van der Waals surface area contributed by atoms with Crippen molar-refractivity contribution < 1.29 is 35.5 Å². The number of imidazole rings is 1. The minimum Gasteiger partial charge on any atom is -0.478 e. The van der Waals surface area contributed by atoms with E-state index in [1.807, 2.05) is 4.98 Å². The first kappa shape index (κ1) is 18.7. The number of rotatable bonds is 3. The van der Waals surface area contributed by atoms with Gasteiger partial charge >= 0.3 is 12.4 Å². The van der Waals surface area contributed by atoms with E-state index in [9.17, 15) is 30.7 Å². The first-order chi connectivity index (χ1) is 12.5. The Bertz CT molecular complexity index is 996. The number of methoxy groups -OCH3 is 1. The molecular formula is C14H8F7N5O. The summed E-state index contributed by atoms with van der Waals surface area (Å²) in [6.07, 6.45) is -9.52. The van der Waals surface area contributed by atoms with Crippen LogP contribution in [0.2, 0.25) is 0 Å². The van der Waals surface area contributed by atoms with Crippen LogP contribution in [0.25, 0.3) is 11.3 Å². The first-order valence-corrected chi connectivity index (χ1v) is 7.01. The Morgan fingerprint density at radius 1 is 1.00 bits per heavy atom. The van der Waals surface area contributed by atoms with Gasteiger partial charge in [0, 0.05) is 0 Å². The Labute approximate surface area is 145 Å². The number of alkyl halides is 6. The third-order valence-corrected chi connectivity index (χ3v) is 3.31. The fraction of sp³-hybridized carbons (Fsp3) is 0.214. The molecule has 144 valence electrons. The van der Waals surface area contributed by atoms with Gasteiger partial charge in [0.2, 0.25) is 11.5 Å². The zero-order valence-corrected chi connectivity index (χ0v) is 13.1. The van der Waals surface area contributed by atoms with E-state index < -0.39 is 52.4 Å². The quantitative estimate of drug-likeness (QED) is 0.648. The van der Waals surface area contributed by atoms with Crippen LogP contribution in [0.15, 0.2) is 18.2 Å². The van der Waals surface area contributed by atoms with Crippen LogP contribution in [0.4, 0.5) is 42.2 Å². The van der Waals surface area contributed by atoms with E-state index in [4.69, 9.17) is 4.74 Å². The first-order valence-electron chi connectivity index (χ1n) is 7.01. The number of benzene rings is 1. The van der Waals surface area contributed by atoms with Gasteiger partial charge in [-0.15, -0.1) is 0 Å². The van der Waals surface area contributed by atoms with Gasteiger partial charge in [0.25, 0.3) is 5.88 Å². The van der Waals surface area contributed by atoms with E-state index in [2.05, 4.69) is 20.3 Å². The Morgan fingerprint density at radius 3 is 2.30 bits per heavy atom. The zero-order chi connectivity index (χ0) is 20.0. The van der Waals surface area contributed by atoms with Gasteiger partial charge in [-0.05, 0) is 18.2 Å². The highest BCUT2D eigenvalue weighted by atomic mass is 19.4. The summed E-state index contributed by atoms with van der Waals surface area (Å²) >= 11 is 0. The minimum atomic E-state index is -4.80. The fourth-order valence-corrected chi connectivity index (χ4v) is 2.10. The third kappa shape index (κ3) is 3.71. The molecule has 6 nitrogen and oxygen atoms in total. The molecule has 0 aliphatic heterocycles. The molecule has 0 fully saturated rings. The van der Waals surface area contributed by atoms with E-state index in [1.165, 1.54) is 0 Å². The van der Waals surface area contributed by atoms with Gasteiger partial charge in [-0.25, -0.2) is 14.4 Å². The number of aromatic amines is 1. The Morgan fingerprint density at radius 2 is 1.70 bits per heavy atom. The number of ether oxygens (including phenoxy) is 1. The highest BCUT2D eigenvalue weighted by Gasteiger charge is 2.35. The molecule has 0 aliphatic carbocycles. The minimum absolute atomic E-state index is 0.389. The average molecular weight is 395 g/mol. The second-order valence-corrected chi connectivity index (χ2v) is 5.15. The SMILES string of the molecule is COc1nc2nc(C(F)(F)F)[nH]c2nc1Nc1cc(C(F)(F)F)ccc1F. The lowest BCUT2D eigenvalue weighted by atomic mass is 10.2. The van der Waals surface area contributed by atoms with Gasteiger partial charge in [-0.2, -0.15) is 31.3 Å². The number of H-pyrrole nitrogens is 1. The predicted octanol–water partition coefficient (Wildman–Crippen LogP) is 4.28. The van der Waals surface area contributed by atoms with Crippen LogP contribution in [-0.4, -0.2) is 27.0 Å². The second kappa shape index (κ2) is 6.25. The molecule has 0 unspecified atom stereocenters. The van der Waals surface area contributed by atoms with Gasteiger partial charge in [-0.1, -0.05) is 0 Å². The molecule has 1 aromatic carbocycles. The van der Waals surface area contributed by atoms with Crippen LogP contribution in [0.3, 0.4) is 0 Å². The van der Waals surface area contributed by atoms with Gasteiger partial charge in [0.05, 0.1) is 18.4 Å². The van der Waals surface area contributed by atoms with Crippen molar-refractivity contribution in [2.45, 2.75) is 12.4 Å². The Hall–Kier alpha value is -3.12. The van der Waals surface area contributed by atoms with Crippen molar-refractivity contribution in [3.8, 4) is 5.88 Å². The van der Waals surface area contributed by atoms with E-state index in [1.54, 1.807) is 0 Å². The number of hydrogen-bond donors (Lipinski definition) is 2. The molecule has 3 rings (SSSR count). The molecule has 0 saturated heterocycles. The zero-order valence-electron chi connectivity index (χ0n) is 13.1. The topological polar surface area (TPSA) is 75.7 Å². The number of fused-ring (bicyclic) bond motifs is 1. The average Bonchev–Trinajstić information content (AvgIpc) is 2.98. The molecule has 3 aromatic rings. The van der Waals surface area contributed by atoms with Crippen LogP contribution < -0.4 is 10.1 Å². The highest BCUT2D eigenvalue weighted by Crippen LogP contribution is 2.34. The molecule has 2 N–H and O–H groups in total. The molecule has 0 radical (unpaired) electrons. The molecule has 0 atom stereocenters.